The molecule has 0 fully saturated rings. The van der Waals surface area contributed by atoms with E-state index < -0.39 is 0 Å². The second-order valence-corrected chi connectivity index (χ2v) is 6.12. The van der Waals surface area contributed by atoms with E-state index in [4.69, 9.17) is 4.42 Å². The zero-order valence-electron chi connectivity index (χ0n) is 12.9. The summed E-state index contributed by atoms with van der Waals surface area (Å²) in [6.07, 6.45) is 1.97. The number of nitrogens with one attached hydrogen (secondary N) is 1. The first-order valence-corrected chi connectivity index (χ1v) is 8.56. The van der Waals surface area contributed by atoms with Gasteiger partial charge >= 0.3 is 0 Å². The Morgan fingerprint density at radius 3 is 2.83 bits per heavy atom. The number of carbonyl (C=O) groups excluding carboxylic acids is 1. The molecule has 0 saturated heterocycles. The topological polar surface area (TPSA) is 42.2 Å². The molecule has 5 heteroatoms. The maximum atomic E-state index is 13.4. The minimum Gasteiger partial charge on any atom is -0.451 e. The van der Waals surface area contributed by atoms with Crippen LogP contribution in [0.4, 0.5) is 10.1 Å². The van der Waals surface area contributed by atoms with E-state index in [1.165, 1.54) is 12.1 Å². The number of hydrogen-bond acceptors (Lipinski definition) is 3. The van der Waals surface area contributed by atoms with Crippen LogP contribution in [0.3, 0.4) is 0 Å². The molecule has 0 radical (unpaired) electrons. The van der Waals surface area contributed by atoms with Crippen LogP contribution in [0.5, 0.6) is 0 Å². The molecule has 0 aliphatic carbocycles. The highest BCUT2D eigenvalue weighted by Crippen LogP contribution is 2.29. The lowest BCUT2D eigenvalue weighted by Crippen LogP contribution is -2.13. The highest BCUT2D eigenvalue weighted by Gasteiger charge is 2.20. The summed E-state index contributed by atoms with van der Waals surface area (Å²) in [6.45, 7) is 1.82. The summed E-state index contributed by atoms with van der Waals surface area (Å²) in [6, 6.07) is 11.9. The number of amides is 1. The SMILES string of the molecule is CSCc1c(C(=O)Nc2cc(F)ccc2C)oc2ccccc12. The predicted molar refractivity (Wildman–Crippen MR) is 92.5 cm³/mol. The first-order chi connectivity index (χ1) is 11.1. The van der Waals surface area contributed by atoms with Crippen LogP contribution >= 0.6 is 11.8 Å². The summed E-state index contributed by atoms with van der Waals surface area (Å²) >= 11 is 1.62. The van der Waals surface area contributed by atoms with Crippen molar-refractivity contribution in [2.24, 2.45) is 0 Å². The van der Waals surface area contributed by atoms with Crippen molar-refractivity contribution < 1.29 is 13.6 Å². The minimum absolute atomic E-state index is 0.282. The van der Waals surface area contributed by atoms with E-state index in [0.717, 1.165) is 16.5 Å². The molecule has 23 heavy (non-hydrogen) atoms. The first-order valence-electron chi connectivity index (χ1n) is 7.17. The quantitative estimate of drug-likeness (QED) is 0.733. The standard InChI is InChI=1S/C18H16FNO2S/c1-11-7-8-12(19)9-15(11)20-18(21)17-14(10-23-2)13-5-3-4-6-16(13)22-17/h3-9H,10H2,1-2H3,(H,20,21). The third kappa shape index (κ3) is 3.10. The van der Waals surface area contributed by atoms with Gasteiger partial charge in [-0.2, -0.15) is 11.8 Å². The first kappa shape index (κ1) is 15.6. The van der Waals surface area contributed by atoms with Crippen molar-refractivity contribution in [1.82, 2.24) is 0 Å². The van der Waals surface area contributed by atoms with Gasteiger partial charge in [0.2, 0.25) is 0 Å². The van der Waals surface area contributed by atoms with Crippen LogP contribution in [0, 0.1) is 12.7 Å². The molecular weight excluding hydrogens is 313 g/mol. The maximum Gasteiger partial charge on any atom is 0.291 e. The predicted octanol–water partition coefficient (Wildman–Crippen LogP) is 5.00. The van der Waals surface area contributed by atoms with Crippen LogP contribution in [-0.4, -0.2) is 12.2 Å². The fourth-order valence-electron chi connectivity index (χ4n) is 2.48. The summed E-state index contributed by atoms with van der Waals surface area (Å²) in [5.41, 5.74) is 2.78. The van der Waals surface area contributed by atoms with Crippen LogP contribution in [0.25, 0.3) is 11.0 Å². The summed E-state index contributed by atoms with van der Waals surface area (Å²) in [5, 5.41) is 3.68. The van der Waals surface area contributed by atoms with Gasteiger partial charge in [0.1, 0.15) is 11.4 Å². The smallest absolute Gasteiger partial charge is 0.291 e. The molecule has 1 amide bonds. The van der Waals surface area contributed by atoms with Crippen LogP contribution in [-0.2, 0) is 5.75 Å². The van der Waals surface area contributed by atoms with Crippen molar-refractivity contribution in [3.05, 3.63) is 65.2 Å². The summed E-state index contributed by atoms with van der Waals surface area (Å²) in [4.78, 5) is 12.6. The average Bonchev–Trinajstić information content (AvgIpc) is 2.90. The summed E-state index contributed by atoms with van der Waals surface area (Å²) in [5.74, 6) is 0.199. The molecule has 0 spiro atoms. The van der Waals surface area contributed by atoms with E-state index in [0.29, 0.717) is 17.0 Å². The molecule has 3 rings (SSSR count). The van der Waals surface area contributed by atoms with E-state index in [1.807, 2.05) is 37.4 Å². The molecule has 0 saturated carbocycles. The molecule has 0 aliphatic heterocycles. The molecule has 1 aromatic heterocycles. The van der Waals surface area contributed by atoms with Gasteiger partial charge in [0.25, 0.3) is 5.91 Å². The maximum absolute atomic E-state index is 13.4. The van der Waals surface area contributed by atoms with Crippen molar-refractivity contribution in [2.75, 3.05) is 11.6 Å². The fraction of sp³-hybridized carbons (Fsp3) is 0.167. The van der Waals surface area contributed by atoms with Crippen molar-refractivity contribution in [2.45, 2.75) is 12.7 Å². The molecule has 0 aliphatic rings. The third-order valence-corrected chi connectivity index (χ3v) is 4.22. The zero-order valence-corrected chi connectivity index (χ0v) is 13.7. The highest BCUT2D eigenvalue weighted by atomic mass is 32.2. The number of rotatable bonds is 4. The molecule has 118 valence electrons. The van der Waals surface area contributed by atoms with E-state index in [9.17, 15) is 9.18 Å². The molecule has 2 aromatic carbocycles. The lowest BCUT2D eigenvalue weighted by Gasteiger charge is -2.08. The Labute approximate surface area is 137 Å². The Balaban J connectivity index is 2.00. The molecule has 0 bridgehead atoms. The van der Waals surface area contributed by atoms with Crippen LogP contribution in [0.1, 0.15) is 21.7 Å². The Morgan fingerprint density at radius 1 is 1.26 bits per heavy atom. The molecule has 3 aromatic rings. The second-order valence-electron chi connectivity index (χ2n) is 5.25. The van der Waals surface area contributed by atoms with Crippen molar-refractivity contribution in [3.63, 3.8) is 0 Å². The number of benzene rings is 2. The van der Waals surface area contributed by atoms with Gasteiger partial charge < -0.3 is 9.73 Å². The Bertz CT molecular complexity index is 873. The van der Waals surface area contributed by atoms with Gasteiger partial charge in [-0.05, 0) is 36.9 Å². The lowest BCUT2D eigenvalue weighted by molar-refractivity contribution is 0.0997. The van der Waals surface area contributed by atoms with Gasteiger partial charge in [-0.3, -0.25) is 4.79 Å². The Kier molecular flexibility index (Phi) is 4.39. The van der Waals surface area contributed by atoms with E-state index >= 15 is 0 Å². The number of thioether (sulfide) groups is 1. The molecular formula is C18H16FNO2S. The number of hydrogen-bond donors (Lipinski definition) is 1. The number of halogens is 1. The lowest BCUT2D eigenvalue weighted by atomic mass is 10.1. The second kappa shape index (κ2) is 6.46. The van der Waals surface area contributed by atoms with Gasteiger partial charge in [0, 0.05) is 22.4 Å². The molecule has 0 unspecified atom stereocenters. The molecule has 1 N–H and O–H groups in total. The normalized spacial score (nSPS) is 10.9. The third-order valence-electron chi connectivity index (χ3n) is 3.64. The largest absolute Gasteiger partial charge is 0.451 e. The number of furan rings is 1. The van der Waals surface area contributed by atoms with Gasteiger partial charge in [0.15, 0.2) is 5.76 Å². The molecule has 0 atom stereocenters. The van der Waals surface area contributed by atoms with Crippen molar-refractivity contribution in [3.8, 4) is 0 Å². The highest BCUT2D eigenvalue weighted by molar-refractivity contribution is 7.97. The zero-order chi connectivity index (χ0) is 16.4. The number of para-hydroxylation sites is 1. The van der Waals surface area contributed by atoms with Gasteiger partial charge in [-0.25, -0.2) is 4.39 Å². The minimum atomic E-state index is -0.389. The average molecular weight is 329 g/mol. The number of fused-ring (bicyclic) bond motifs is 1. The summed E-state index contributed by atoms with van der Waals surface area (Å²) < 4.78 is 19.1. The number of carbonyl (C=O) groups is 1. The van der Waals surface area contributed by atoms with E-state index in [1.54, 1.807) is 17.8 Å². The fourth-order valence-corrected chi connectivity index (χ4v) is 3.05. The van der Waals surface area contributed by atoms with Gasteiger partial charge in [-0.15, -0.1) is 0 Å². The van der Waals surface area contributed by atoms with Crippen LogP contribution < -0.4 is 5.32 Å². The van der Waals surface area contributed by atoms with Crippen LogP contribution in [0.15, 0.2) is 46.9 Å². The van der Waals surface area contributed by atoms with Gasteiger partial charge in [0.05, 0.1) is 0 Å². The Morgan fingerprint density at radius 2 is 2.04 bits per heavy atom. The van der Waals surface area contributed by atoms with E-state index in [2.05, 4.69) is 5.32 Å². The van der Waals surface area contributed by atoms with Gasteiger partial charge in [-0.1, -0.05) is 24.3 Å². The monoisotopic (exact) mass is 329 g/mol. The van der Waals surface area contributed by atoms with Crippen LogP contribution in [0.2, 0.25) is 0 Å². The van der Waals surface area contributed by atoms with Crippen molar-refractivity contribution in [1.29, 1.82) is 0 Å². The Hall–Kier alpha value is -2.27. The van der Waals surface area contributed by atoms with E-state index in [-0.39, 0.29) is 17.5 Å². The number of anilines is 1. The number of aryl methyl sites for hydroxylation is 1. The molecule has 1 heterocycles. The molecule has 3 nitrogen and oxygen atoms in total. The van der Waals surface area contributed by atoms with Crippen molar-refractivity contribution >= 4 is 34.3 Å². The summed E-state index contributed by atoms with van der Waals surface area (Å²) in [7, 11) is 0.